The van der Waals surface area contributed by atoms with Gasteiger partial charge < -0.3 is 9.64 Å². The van der Waals surface area contributed by atoms with E-state index in [4.69, 9.17) is 9.84 Å². The Morgan fingerprint density at radius 1 is 0.969 bits per heavy atom. The Balaban J connectivity index is 1.41. The van der Waals surface area contributed by atoms with Crippen LogP contribution in [0.4, 0.5) is 0 Å². The fourth-order valence-electron chi connectivity index (χ4n) is 4.34. The number of rotatable bonds is 7. The summed E-state index contributed by atoms with van der Waals surface area (Å²) in [5.41, 5.74) is 4.14. The highest BCUT2D eigenvalue weighted by Crippen LogP contribution is 2.42. The molecule has 2 fully saturated rings. The van der Waals surface area contributed by atoms with E-state index in [2.05, 4.69) is 35.4 Å². The Labute approximate surface area is 193 Å². The maximum Gasteiger partial charge on any atom is 0.233 e. The van der Waals surface area contributed by atoms with E-state index in [1.807, 2.05) is 46.0 Å². The number of carbonyl (C=O) groups is 1. The van der Waals surface area contributed by atoms with Gasteiger partial charge in [-0.1, -0.05) is 48.5 Å². The van der Waals surface area contributed by atoms with Crippen LogP contribution in [0.5, 0.6) is 0 Å². The first kappa shape index (κ1) is 21.2. The predicted octanol–water partition coefficient (Wildman–Crippen LogP) is 3.84. The number of para-hydroxylation sites is 1. The van der Waals surface area contributed by atoms with E-state index in [9.17, 15) is 4.79 Å². The molecule has 2 aromatic carbocycles. The number of hydrogen-bond donors (Lipinski definition) is 0. The highest BCUT2D eigenvalue weighted by molar-refractivity contribution is 8.00. The maximum absolute atomic E-state index is 12.8. The predicted molar refractivity (Wildman–Crippen MR) is 128 cm³/mol. The van der Waals surface area contributed by atoms with Gasteiger partial charge in [0.1, 0.15) is 5.37 Å². The molecule has 1 amide bonds. The molecule has 2 aliphatic heterocycles. The Hall–Kier alpha value is -2.61. The first-order chi connectivity index (χ1) is 15.8. The van der Waals surface area contributed by atoms with Gasteiger partial charge in [0.25, 0.3) is 0 Å². The second-order valence-electron chi connectivity index (χ2n) is 8.14. The third kappa shape index (κ3) is 4.60. The number of amides is 1. The summed E-state index contributed by atoms with van der Waals surface area (Å²) >= 11 is 1.70. The number of carbonyl (C=O) groups excluding carboxylic acids is 1. The van der Waals surface area contributed by atoms with Crippen LogP contribution in [0, 0.1) is 0 Å². The largest absolute Gasteiger partial charge is 0.379 e. The van der Waals surface area contributed by atoms with Crippen molar-refractivity contribution in [1.29, 1.82) is 0 Å². The van der Waals surface area contributed by atoms with Crippen molar-refractivity contribution >= 4 is 17.7 Å². The molecule has 0 radical (unpaired) electrons. The van der Waals surface area contributed by atoms with E-state index in [1.54, 1.807) is 11.8 Å². The lowest BCUT2D eigenvalue weighted by molar-refractivity contribution is -0.128. The Bertz CT molecular complexity index is 1030. The van der Waals surface area contributed by atoms with Crippen LogP contribution in [0.3, 0.4) is 0 Å². The van der Waals surface area contributed by atoms with E-state index >= 15 is 0 Å². The Morgan fingerprint density at radius 3 is 2.44 bits per heavy atom. The van der Waals surface area contributed by atoms with Crippen molar-refractivity contribution in [3.8, 4) is 16.9 Å². The zero-order valence-corrected chi connectivity index (χ0v) is 18.9. The number of ether oxygens (including phenoxy) is 1. The van der Waals surface area contributed by atoms with Gasteiger partial charge in [-0.15, -0.1) is 11.8 Å². The van der Waals surface area contributed by atoms with Gasteiger partial charge in [-0.3, -0.25) is 9.69 Å². The van der Waals surface area contributed by atoms with Crippen LogP contribution in [0.25, 0.3) is 16.9 Å². The van der Waals surface area contributed by atoms with Crippen molar-refractivity contribution in [3.63, 3.8) is 0 Å². The molecule has 3 aromatic rings. The zero-order valence-electron chi connectivity index (χ0n) is 18.1. The molecule has 0 N–H and O–H groups in total. The SMILES string of the molecule is O=C1CS[C@H](c2cn(-c3ccccc3)nc2-c2ccccc2)N1CCCN1CCOCC1. The molecule has 0 bridgehead atoms. The number of morpholine rings is 1. The van der Waals surface area contributed by atoms with Crippen LogP contribution in [0.15, 0.2) is 66.9 Å². The monoisotopic (exact) mass is 448 g/mol. The highest BCUT2D eigenvalue weighted by atomic mass is 32.2. The topological polar surface area (TPSA) is 50.6 Å². The summed E-state index contributed by atoms with van der Waals surface area (Å²) in [4.78, 5) is 17.3. The molecule has 1 atom stereocenters. The highest BCUT2D eigenvalue weighted by Gasteiger charge is 2.35. The molecule has 7 heteroatoms. The summed E-state index contributed by atoms with van der Waals surface area (Å²) in [6.45, 7) is 5.33. The van der Waals surface area contributed by atoms with Crippen LogP contribution >= 0.6 is 11.8 Å². The summed E-state index contributed by atoms with van der Waals surface area (Å²) < 4.78 is 7.38. The van der Waals surface area contributed by atoms with Gasteiger partial charge >= 0.3 is 0 Å². The third-order valence-corrected chi connectivity index (χ3v) is 7.26. The first-order valence-corrected chi connectivity index (χ1v) is 12.3. The minimum atomic E-state index is -0.0140. The lowest BCUT2D eigenvalue weighted by Crippen LogP contribution is -2.38. The molecule has 6 nitrogen and oxygen atoms in total. The smallest absolute Gasteiger partial charge is 0.233 e. The summed E-state index contributed by atoms with van der Waals surface area (Å²) in [5, 5.41) is 4.94. The number of nitrogens with zero attached hydrogens (tertiary/aromatic N) is 4. The standard InChI is InChI=1S/C25H28N4O2S/c30-23-19-32-25(28(23)13-7-12-27-14-16-31-17-15-27)22-18-29(21-10-5-2-6-11-21)26-24(22)20-8-3-1-4-9-20/h1-6,8-11,18,25H,7,12-17,19H2/t25-/m1/s1. The van der Waals surface area contributed by atoms with E-state index in [-0.39, 0.29) is 11.3 Å². The minimum absolute atomic E-state index is 0.0140. The molecule has 0 unspecified atom stereocenters. The molecule has 5 rings (SSSR count). The molecule has 0 aliphatic carbocycles. The van der Waals surface area contributed by atoms with Crippen molar-refractivity contribution in [2.75, 3.05) is 45.1 Å². The molecule has 0 saturated carbocycles. The molecule has 2 aliphatic rings. The van der Waals surface area contributed by atoms with E-state index in [1.165, 1.54) is 0 Å². The van der Waals surface area contributed by atoms with Crippen LogP contribution in [-0.4, -0.2) is 70.6 Å². The lowest BCUT2D eigenvalue weighted by atomic mass is 10.1. The van der Waals surface area contributed by atoms with Crippen molar-refractivity contribution < 1.29 is 9.53 Å². The van der Waals surface area contributed by atoms with Gasteiger partial charge in [0.15, 0.2) is 0 Å². The summed E-state index contributed by atoms with van der Waals surface area (Å²) in [7, 11) is 0. The van der Waals surface area contributed by atoms with Gasteiger partial charge in [-0.25, -0.2) is 4.68 Å². The number of benzene rings is 2. The summed E-state index contributed by atoms with van der Waals surface area (Å²) in [5.74, 6) is 0.737. The second kappa shape index (κ2) is 9.90. The fourth-order valence-corrected chi connectivity index (χ4v) is 5.57. The number of thioether (sulfide) groups is 1. The molecule has 0 spiro atoms. The second-order valence-corrected chi connectivity index (χ2v) is 9.21. The summed E-state index contributed by atoms with van der Waals surface area (Å²) in [6, 6.07) is 20.4. The maximum atomic E-state index is 12.8. The molecular formula is C25H28N4O2S. The van der Waals surface area contributed by atoms with E-state index in [0.29, 0.717) is 5.75 Å². The normalized spacial score (nSPS) is 19.6. The molecule has 166 valence electrons. The van der Waals surface area contributed by atoms with Gasteiger partial charge in [0.2, 0.25) is 5.91 Å². The summed E-state index contributed by atoms with van der Waals surface area (Å²) in [6.07, 6.45) is 3.07. The average molecular weight is 449 g/mol. The molecule has 3 heterocycles. The molecular weight excluding hydrogens is 420 g/mol. The van der Waals surface area contributed by atoms with Crippen molar-refractivity contribution in [2.24, 2.45) is 0 Å². The lowest BCUT2D eigenvalue weighted by Gasteiger charge is -2.28. The van der Waals surface area contributed by atoms with Gasteiger partial charge in [0, 0.05) is 43.5 Å². The average Bonchev–Trinajstić information content (AvgIpc) is 3.45. The van der Waals surface area contributed by atoms with E-state index in [0.717, 1.165) is 68.3 Å². The van der Waals surface area contributed by atoms with Crippen LogP contribution in [0.1, 0.15) is 17.4 Å². The van der Waals surface area contributed by atoms with Crippen LogP contribution in [-0.2, 0) is 9.53 Å². The molecule has 2 saturated heterocycles. The Kier molecular flexibility index (Phi) is 6.57. The molecule has 1 aromatic heterocycles. The van der Waals surface area contributed by atoms with Gasteiger partial charge in [-0.2, -0.15) is 5.10 Å². The number of aromatic nitrogens is 2. The van der Waals surface area contributed by atoms with Crippen LogP contribution in [0.2, 0.25) is 0 Å². The van der Waals surface area contributed by atoms with Crippen molar-refractivity contribution in [1.82, 2.24) is 19.6 Å². The van der Waals surface area contributed by atoms with Crippen molar-refractivity contribution in [2.45, 2.75) is 11.8 Å². The molecule has 32 heavy (non-hydrogen) atoms. The zero-order chi connectivity index (χ0) is 21.8. The van der Waals surface area contributed by atoms with Gasteiger partial charge in [-0.05, 0) is 18.6 Å². The quantitative estimate of drug-likeness (QED) is 0.550. The van der Waals surface area contributed by atoms with Gasteiger partial charge in [0.05, 0.1) is 30.3 Å². The first-order valence-electron chi connectivity index (χ1n) is 11.2. The number of hydrogen-bond acceptors (Lipinski definition) is 5. The van der Waals surface area contributed by atoms with Crippen LogP contribution < -0.4 is 0 Å². The Morgan fingerprint density at radius 2 is 1.69 bits per heavy atom. The minimum Gasteiger partial charge on any atom is -0.379 e. The van der Waals surface area contributed by atoms with Crippen molar-refractivity contribution in [3.05, 3.63) is 72.4 Å². The fraction of sp³-hybridized carbons (Fsp3) is 0.360. The van der Waals surface area contributed by atoms with E-state index < -0.39 is 0 Å². The third-order valence-electron chi connectivity index (χ3n) is 6.02.